The normalized spacial score (nSPS) is 17.2. The molecular formula is C12H18BrCl3N2O. The summed E-state index contributed by atoms with van der Waals surface area (Å²) in [7, 11) is 0. The maximum atomic E-state index is 10.1. The predicted octanol–water partition coefficient (Wildman–Crippen LogP) is 3.62. The number of hydrogen-bond donors (Lipinski definition) is 2. The lowest BCUT2D eigenvalue weighted by molar-refractivity contribution is 0.182. The molecule has 1 atom stereocenters. The first-order valence-corrected chi connectivity index (χ1v) is 6.90. The summed E-state index contributed by atoms with van der Waals surface area (Å²) in [6, 6.07) is 3.75. The molecule has 0 aliphatic carbocycles. The van der Waals surface area contributed by atoms with E-state index < -0.39 is 0 Å². The van der Waals surface area contributed by atoms with Crippen LogP contribution in [-0.4, -0.2) is 36.2 Å². The predicted molar refractivity (Wildman–Crippen MR) is 88.2 cm³/mol. The Morgan fingerprint density at radius 1 is 1.32 bits per heavy atom. The minimum atomic E-state index is 0. The Morgan fingerprint density at radius 3 is 2.47 bits per heavy atom. The zero-order valence-corrected chi connectivity index (χ0v) is 14.5. The molecule has 1 fully saturated rings. The van der Waals surface area contributed by atoms with Gasteiger partial charge in [0.1, 0.15) is 5.75 Å². The quantitative estimate of drug-likeness (QED) is 0.807. The molecule has 1 saturated heterocycles. The Balaban J connectivity index is 0.00000162. The standard InChI is InChI=1S/C12H16BrClN2O.2ClH/c1-8(16-6-4-15-5-7-16)11-9(13)2-3-10(14)12(11)17;;/h2-3,8,15,17H,4-7H2,1H3;2*1H/t8-;;/m0../s1. The Morgan fingerprint density at radius 2 is 1.89 bits per heavy atom. The van der Waals surface area contributed by atoms with Crippen molar-refractivity contribution < 1.29 is 5.11 Å². The molecule has 0 saturated carbocycles. The van der Waals surface area contributed by atoms with E-state index in [0.29, 0.717) is 5.02 Å². The van der Waals surface area contributed by atoms with Gasteiger partial charge in [-0.15, -0.1) is 24.8 Å². The Hall–Kier alpha value is 0.290. The first-order chi connectivity index (χ1) is 8.11. The third-order valence-corrected chi connectivity index (χ3v) is 4.23. The van der Waals surface area contributed by atoms with E-state index in [0.717, 1.165) is 36.2 Å². The Kier molecular flexibility index (Phi) is 8.68. The number of benzene rings is 1. The van der Waals surface area contributed by atoms with Crippen LogP contribution in [0.25, 0.3) is 0 Å². The molecule has 0 unspecified atom stereocenters. The van der Waals surface area contributed by atoms with E-state index in [1.807, 2.05) is 6.07 Å². The lowest BCUT2D eigenvalue weighted by atomic mass is 10.0. The summed E-state index contributed by atoms with van der Waals surface area (Å²) in [5, 5.41) is 13.8. The van der Waals surface area contributed by atoms with Crippen LogP contribution in [0.1, 0.15) is 18.5 Å². The van der Waals surface area contributed by atoms with Crippen LogP contribution in [0.2, 0.25) is 5.02 Å². The molecule has 2 rings (SSSR count). The lowest BCUT2D eigenvalue weighted by Gasteiger charge is -2.33. The summed E-state index contributed by atoms with van der Waals surface area (Å²) in [5.41, 5.74) is 0.874. The van der Waals surface area contributed by atoms with E-state index in [1.54, 1.807) is 6.07 Å². The lowest BCUT2D eigenvalue weighted by Crippen LogP contribution is -2.44. The molecule has 0 radical (unpaired) electrons. The molecule has 7 heteroatoms. The van der Waals surface area contributed by atoms with Crippen LogP contribution < -0.4 is 5.32 Å². The summed E-state index contributed by atoms with van der Waals surface area (Å²) >= 11 is 9.45. The number of hydrogen-bond acceptors (Lipinski definition) is 3. The molecule has 0 amide bonds. The van der Waals surface area contributed by atoms with Crippen molar-refractivity contribution in [3.8, 4) is 5.75 Å². The van der Waals surface area contributed by atoms with Crippen molar-refractivity contribution in [1.29, 1.82) is 0 Å². The van der Waals surface area contributed by atoms with E-state index >= 15 is 0 Å². The fourth-order valence-corrected chi connectivity index (χ4v) is 3.02. The minimum absolute atomic E-state index is 0. The van der Waals surface area contributed by atoms with Gasteiger partial charge in [-0.2, -0.15) is 0 Å². The second kappa shape index (κ2) is 8.55. The molecule has 1 aromatic rings. The van der Waals surface area contributed by atoms with Gasteiger partial charge in [0.25, 0.3) is 0 Å². The first kappa shape index (κ1) is 19.3. The summed E-state index contributed by atoms with van der Waals surface area (Å²) in [5.74, 6) is 0.187. The number of phenols is 1. The highest BCUT2D eigenvalue weighted by atomic mass is 79.9. The first-order valence-electron chi connectivity index (χ1n) is 5.73. The maximum absolute atomic E-state index is 10.1. The van der Waals surface area contributed by atoms with Gasteiger partial charge < -0.3 is 10.4 Å². The fourth-order valence-electron chi connectivity index (χ4n) is 2.21. The van der Waals surface area contributed by atoms with Gasteiger partial charge in [0.05, 0.1) is 5.02 Å². The van der Waals surface area contributed by atoms with Crippen LogP contribution in [0.5, 0.6) is 5.75 Å². The SMILES string of the molecule is C[C@@H](c1c(Br)ccc(Cl)c1O)N1CCNCC1.Cl.Cl. The van der Waals surface area contributed by atoms with Crippen LogP contribution in [0, 0.1) is 0 Å². The molecule has 0 aromatic heterocycles. The second-order valence-electron chi connectivity index (χ2n) is 4.25. The molecule has 1 aliphatic rings. The van der Waals surface area contributed by atoms with E-state index in [2.05, 4.69) is 33.1 Å². The zero-order valence-electron chi connectivity index (χ0n) is 10.5. The molecule has 1 aromatic carbocycles. The average Bonchev–Trinajstić information content (AvgIpc) is 2.35. The van der Waals surface area contributed by atoms with E-state index in [4.69, 9.17) is 11.6 Å². The number of halogens is 4. The highest BCUT2D eigenvalue weighted by Gasteiger charge is 2.23. The molecule has 2 N–H and O–H groups in total. The number of nitrogens with one attached hydrogen (secondary N) is 1. The van der Waals surface area contributed by atoms with E-state index in [9.17, 15) is 5.11 Å². The minimum Gasteiger partial charge on any atom is -0.506 e. The molecule has 1 heterocycles. The highest BCUT2D eigenvalue weighted by Crippen LogP contribution is 2.39. The topological polar surface area (TPSA) is 35.5 Å². The van der Waals surface area contributed by atoms with Crippen molar-refractivity contribution in [2.24, 2.45) is 0 Å². The molecule has 19 heavy (non-hydrogen) atoms. The van der Waals surface area contributed by atoms with Gasteiger partial charge in [0.15, 0.2) is 0 Å². The van der Waals surface area contributed by atoms with Crippen molar-refractivity contribution in [2.75, 3.05) is 26.2 Å². The molecule has 0 spiro atoms. The molecular weight excluding hydrogens is 374 g/mol. The van der Waals surface area contributed by atoms with Crippen molar-refractivity contribution in [3.05, 3.63) is 27.2 Å². The third-order valence-electron chi connectivity index (χ3n) is 3.23. The largest absolute Gasteiger partial charge is 0.506 e. The number of phenolic OH excluding ortho intramolecular Hbond substituents is 1. The van der Waals surface area contributed by atoms with Crippen molar-refractivity contribution in [2.45, 2.75) is 13.0 Å². The monoisotopic (exact) mass is 390 g/mol. The molecule has 110 valence electrons. The van der Waals surface area contributed by atoms with Gasteiger partial charge in [-0.25, -0.2) is 0 Å². The van der Waals surface area contributed by atoms with Crippen molar-refractivity contribution in [1.82, 2.24) is 10.2 Å². The Labute approximate surface area is 139 Å². The van der Waals surface area contributed by atoms with Gasteiger partial charge in [0.2, 0.25) is 0 Å². The van der Waals surface area contributed by atoms with Crippen molar-refractivity contribution >= 4 is 52.3 Å². The summed E-state index contributed by atoms with van der Waals surface area (Å²) in [4.78, 5) is 2.34. The summed E-state index contributed by atoms with van der Waals surface area (Å²) < 4.78 is 0.908. The molecule has 3 nitrogen and oxygen atoms in total. The average molecular weight is 393 g/mol. The number of aromatic hydroxyl groups is 1. The van der Waals surface area contributed by atoms with Gasteiger partial charge in [0, 0.05) is 42.3 Å². The van der Waals surface area contributed by atoms with Gasteiger partial charge >= 0.3 is 0 Å². The third kappa shape index (κ3) is 4.38. The van der Waals surface area contributed by atoms with Crippen LogP contribution in [0.3, 0.4) is 0 Å². The van der Waals surface area contributed by atoms with Gasteiger partial charge in [-0.3, -0.25) is 4.90 Å². The summed E-state index contributed by atoms with van der Waals surface area (Å²) in [6.07, 6.45) is 0. The molecule has 1 aliphatic heterocycles. The zero-order chi connectivity index (χ0) is 12.4. The maximum Gasteiger partial charge on any atom is 0.140 e. The number of nitrogens with zero attached hydrogens (tertiary/aromatic N) is 1. The fraction of sp³-hybridized carbons (Fsp3) is 0.500. The van der Waals surface area contributed by atoms with Crippen LogP contribution in [0.4, 0.5) is 0 Å². The van der Waals surface area contributed by atoms with Crippen LogP contribution in [-0.2, 0) is 0 Å². The smallest absolute Gasteiger partial charge is 0.140 e. The second-order valence-corrected chi connectivity index (χ2v) is 5.51. The van der Waals surface area contributed by atoms with E-state index in [1.165, 1.54) is 0 Å². The van der Waals surface area contributed by atoms with Crippen LogP contribution >= 0.6 is 52.3 Å². The van der Waals surface area contributed by atoms with E-state index in [-0.39, 0.29) is 36.6 Å². The number of piperazine rings is 1. The Bertz CT molecular complexity index is 414. The van der Waals surface area contributed by atoms with Gasteiger partial charge in [-0.05, 0) is 19.1 Å². The summed E-state index contributed by atoms with van der Waals surface area (Å²) in [6.45, 7) is 6.05. The number of rotatable bonds is 2. The molecule has 0 bridgehead atoms. The highest BCUT2D eigenvalue weighted by molar-refractivity contribution is 9.10. The van der Waals surface area contributed by atoms with Crippen LogP contribution in [0.15, 0.2) is 16.6 Å². The van der Waals surface area contributed by atoms with Gasteiger partial charge in [-0.1, -0.05) is 27.5 Å². The van der Waals surface area contributed by atoms with Crippen molar-refractivity contribution in [3.63, 3.8) is 0 Å².